The molecule has 2 aromatic carbocycles. The summed E-state index contributed by atoms with van der Waals surface area (Å²) in [5.41, 5.74) is 1.09. The highest BCUT2D eigenvalue weighted by Crippen LogP contribution is 2.30. The summed E-state index contributed by atoms with van der Waals surface area (Å²) in [6.07, 6.45) is 1.40. The van der Waals surface area contributed by atoms with E-state index in [1.807, 2.05) is 0 Å². The van der Waals surface area contributed by atoms with E-state index < -0.39 is 0 Å². The Morgan fingerprint density at radius 2 is 1.61 bits per heavy atom. The van der Waals surface area contributed by atoms with Crippen molar-refractivity contribution in [1.29, 1.82) is 10.5 Å². The van der Waals surface area contributed by atoms with Crippen molar-refractivity contribution >= 4 is 46.7 Å². The van der Waals surface area contributed by atoms with Crippen molar-refractivity contribution in [3.8, 4) is 12.1 Å². The number of carbonyl (C=O) groups excluding carboxylic acids is 1. The van der Waals surface area contributed by atoms with E-state index in [0.29, 0.717) is 11.1 Å². The van der Waals surface area contributed by atoms with E-state index in [1.165, 1.54) is 18.2 Å². The first kappa shape index (κ1) is 17.1. The molecule has 0 fully saturated rings. The van der Waals surface area contributed by atoms with Crippen LogP contribution in [0.15, 0.2) is 42.0 Å². The number of hydrogen-bond acceptors (Lipinski definition) is 3. The molecule has 0 bridgehead atoms. The van der Waals surface area contributed by atoms with E-state index in [9.17, 15) is 4.79 Å². The van der Waals surface area contributed by atoms with Crippen LogP contribution in [0.3, 0.4) is 0 Å². The number of rotatable bonds is 3. The smallest absolute Gasteiger partial charge is 0.194 e. The molecule has 0 radical (unpaired) electrons. The van der Waals surface area contributed by atoms with Gasteiger partial charge in [0.2, 0.25) is 0 Å². The van der Waals surface area contributed by atoms with Crippen LogP contribution in [0.1, 0.15) is 21.5 Å². The zero-order valence-corrected chi connectivity index (χ0v) is 13.7. The number of benzene rings is 2. The van der Waals surface area contributed by atoms with Crippen molar-refractivity contribution in [2.75, 3.05) is 0 Å². The van der Waals surface area contributed by atoms with Gasteiger partial charge < -0.3 is 0 Å². The fourth-order valence-electron chi connectivity index (χ4n) is 1.88. The third-order valence-corrected chi connectivity index (χ3v) is 3.99. The number of hydrogen-bond donors (Lipinski definition) is 0. The van der Waals surface area contributed by atoms with E-state index in [2.05, 4.69) is 0 Å². The molecule has 0 aliphatic rings. The molecule has 112 valence electrons. The normalized spacial score (nSPS) is 9.61. The van der Waals surface area contributed by atoms with Crippen molar-refractivity contribution in [2.45, 2.75) is 0 Å². The van der Waals surface area contributed by atoms with Gasteiger partial charge in [-0.3, -0.25) is 4.79 Å². The number of allylic oxidation sites excluding steroid dienone is 1. The van der Waals surface area contributed by atoms with Gasteiger partial charge in [0.15, 0.2) is 5.78 Å². The zero-order chi connectivity index (χ0) is 17.0. The van der Waals surface area contributed by atoms with Gasteiger partial charge in [-0.15, -0.1) is 0 Å². The van der Waals surface area contributed by atoms with Crippen LogP contribution in [0, 0.1) is 22.7 Å². The molecule has 3 nitrogen and oxygen atoms in total. The lowest BCUT2D eigenvalue weighted by Gasteiger charge is -2.06. The Morgan fingerprint density at radius 1 is 0.957 bits per heavy atom. The van der Waals surface area contributed by atoms with Crippen LogP contribution < -0.4 is 0 Å². The van der Waals surface area contributed by atoms with Gasteiger partial charge in [-0.25, -0.2) is 0 Å². The van der Waals surface area contributed by atoms with Crippen LogP contribution in [-0.2, 0) is 0 Å². The van der Waals surface area contributed by atoms with Crippen LogP contribution >= 0.6 is 34.8 Å². The Balaban J connectivity index is 2.46. The predicted octanol–water partition coefficient (Wildman–Crippen LogP) is 5.31. The summed E-state index contributed by atoms with van der Waals surface area (Å²) in [5, 5.41) is 18.3. The molecule has 0 spiro atoms. The Morgan fingerprint density at radius 3 is 2.26 bits per heavy atom. The monoisotopic (exact) mass is 360 g/mol. The first-order valence-electron chi connectivity index (χ1n) is 6.27. The summed E-state index contributed by atoms with van der Waals surface area (Å²) < 4.78 is 0. The maximum atomic E-state index is 12.6. The molecule has 2 rings (SSSR count). The van der Waals surface area contributed by atoms with Crippen molar-refractivity contribution in [1.82, 2.24) is 0 Å². The highest BCUT2D eigenvalue weighted by molar-refractivity contribution is 6.44. The van der Waals surface area contributed by atoms with Crippen molar-refractivity contribution in [3.05, 3.63) is 73.7 Å². The number of nitrogens with zero attached hydrogens (tertiary/aromatic N) is 2. The Bertz CT molecular complexity index is 889. The second-order valence-electron chi connectivity index (χ2n) is 4.48. The molecule has 0 unspecified atom stereocenters. The SMILES string of the molecule is N#CC(C#N)=Cc1cccc(C(=O)c2cc(Cl)c(Cl)cc2Cl)c1. The second-order valence-corrected chi connectivity index (χ2v) is 5.70. The number of halogens is 3. The van der Waals surface area contributed by atoms with E-state index in [0.717, 1.165) is 0 Å². The molecule has 2 aromatic rings. The van der Waals surface area contributed by atoms with E-state index in [4.69, 9.17) is 45.3 Å². The first-order chi connectivity index (χ1) is 11.0. The summed E-state index contributed by atoms with van der Waals surface area (Å²) in [6, 6.07) is 12.9. The van der Waals surface area contributed by atoms with Crippen LogP contribution in [0.5, 0.6) is 0 Å². The molecule has 23 heavy (non-hydrogen) atoms. The van der Waals surface area contributed by atoms with Gasteiger partial charge in [0.1, 0.15) is 17.7 Å². The molecule has 0 heterocycles. The minimum Gasteiger partial charge on any atom is -0.289 e. The molecule has 0 saturated carbocycles. The van der Waals surface area contributed by atoms with Gasteiger partial charge in [0, 0.05) is 11.1 Å². The quantitative estimate of drug-likeness (QED) is 0.423. The maximum Gasteiger partial charge on any atom is 0.194 e. The molecule has 0 amide bonds. The highest BCUT2D eigenvalue weighted by atomic mass is 35.5. The zero-order valence-electron chi connectivity index (χ0n) is 11.5. The second kappa shape index (κ2) is 7.31. The Labute approximate surface area is 147 Å². The van der Waals surface area contributed by atoms with Crippen LogP contribution in [0.2, 0.25) is 15.1 Å². The van der Waals surface area contributed by atoms with Crippen LogP contribution in [0.25, 0.3) is 6.08 Å². The number of carbonyl (C=O) groups is 1. The molecule has 6 heteroatoms. The molecule has 0 aromatic heterocycles. The van der Waals surface area contributed by atoms with Gasteiger partial charge in [-0.1, -0.05) is 53.0 Å². The molecule has 0 aliphatic heterocycles. The Hall–Kier alpha value is -2.30. The lowest BCUT2D eigenvalue weighted by atomic mass is 10.0. The molecule has 0 saturated heterocycles. The van der Waals surface area contributed by atoms with E-state index >= 15 is 0 Å². The van der Waals surface area contributed by atoms with Crippen molar-refractivity contribution in [3.63, 3.8) is 0 Å². The van der Waals surface area contributed by atoms with Crippen LogP contribution in [-0.4, -0.2) is 5.78 Å². The molecular formula is C17H7Cl3N2O. The average molecular weight is 362 g/mol. The van der Waals surface area contributed by atoms with E-state index in [1.54, 1.807) is 36.4 Å². The molecule has 0 atom stereocenters. The third-order valence-electron chi connectivity index (χ3n) is 2.96. The van der Waals surface area contributed by atoms with Gasteiger partial charge in [0.05, 0.1) is 15.1 Å². The van der Waals surface area contributed by atoms with Gasteiger partial charge >= 0.3 is 0 Å². The van der Waals surface area contributed by atoms with Crippen LogP contribution in [0.4, 0.5) is 0 Å². The molecule has 0 N–H and O–H groups in total. The summed E-state index contributed by atoms with van der Waals surface area (Å²) in [5.74, 6) is -0.334. The van der Waals surface area contributed by atoms with E-state index in [-0.39, 0.29) is 32.0 Å². The summed E-state index contributed by atoms with van der Waals surface area (Å²) in [7, 11) is 0. The lowest BCUT2D eigenvalue weighted by molar-refractivity contribution is 0.103. The minimum absolute atomic E-state index is 0.0535. The van der Waals surface area contributed by atoms with Crippen molar-refractivity contribution < 1.29 is 4.79 Å². The number of ketones is 1. The summed E-state index contributed by atoms with van der Waals surface area (Å²) >= 11 is 17.8. The fourth-order valence-corrected chi connectivity index (χ4v) is 2.51. The Kier molecular flexibility index (Phi) is 5.42. The molecular weight excluding hydrogens is 355 g/mol. The summed E-state index contributed by atoms with van der Waals surface area (Å²) in [4.78, 5) is 12.6. The third kappa shape index (κ3) is 3.92. The van der Waals surface area contributed by atoms with Crippen molar-refractivity contribution in [2.24, 2.45) is 0 Å². The maximum absolute atomic E-state index is 12.6. The average Bonchev–Trinajstić information content (AvgIpc) is 2.55. The minimum atomic E-state index is -0.334. The fraction of sp³-hybridized carbons (Fsp3) is 0. The topological polar surface area (TPSA) is 64.7 Å². The lowest BCUT2D eigenvalue weighted by Crippen LogP contribution is -2.02. The predicted molar refractivity (Wildman–Crippen MR) is 90.5 cm³/mol. The highest BCUT2D eigenvalue weighted by Gasteiger charge is 2.15. The van der Waals surface area contributed by atoms with Gasteiger partial charge in [-0.05, 0) is 29.8 Å². The van der Waals surface area contributed by atoms with Gasteiger partial charge in [0.25, 0.3) is 0 Å². The largest absolute Gasteiger partial charge is 0.289 e. The first-order valence-corrected chi connectivity index (χ1v) is 7.41. The van der Waals surface area contributed by atoms with Gasteiger partial charge in [-0.2, -0.15) is 10.5 Å². The standard InChI is InChI=1S/C17H7Cl3N2O/c18-14-7-16(20)15(19)6-13(14)17(23)12-3-1-2-10(5-12)4-11(8-21)9-22/h1-7H. The summed E-state index contributed by atoms with van der Waals surface area (Å²) in [6.45, 7) is 0. The number of nitriles is 2. The molecule has 0 aliphatic carbocycles.